The summed E-state index contributed by atoms with van der Waals surface area (Å²) in [7, 11) is 0. The van der Waals surface area contributed by atoms with Crippen LogP contribution in [-0.2, 0) is 17.7 Å². The summed E-state index contributed by atoms with van der Waals surface area (Å²) < 4.78 is 10.7. The minimum absolute atomic E-state index is 0.0414. The van der Waals surface area contributed by atoms with Gasteiger partial charge in [0.05, 0.1) is 13.2 Å². The second kappa shape index (κ2) is 7.99. The van der Waals surface area contributed by atoms with Gasteiger partial charge in [0.2, 0.25) is 0 Å². The van der Waals surface area contributed by atoms with Gasteiger partial charge in [-0.25, -0.2) is 4.79 Å². The van der Waals surface area contributed by atoms with Gasteiger partial charge in [0.15, 0.2) is 0 Å². The number of carbonyl (C=O) groups excluding carboxylic acids is 2. The van der Waals surface area contributed by atoms with Gasteiger partial charge in [-0.3, -0.25) is 9.78 Å². The van der Waals surface area contributed by atoms with E-state index in [9.17, 15) is 9.59 Å². The highest BCUT2D eigenvalue weighted by molar-refractivity contribution is 6.01. The van der Waals surface area contributed by atoms with Gasteiger partial charge in [-0.2, -0.15) is 0 Å². The van der Waals surface area contributed by atoms with Gasteiger partial charge in [-0.15, -0.1) is 0 Å². The molecule has 1 aliphatic heterocycles. The fourth-order valence-electron chi connectivity index (χ4n) is 3.04. The van der Waals surface area contributed by atoms with Crippen molar-refractivity contribution in [2.75, 3.05) is 19.8 Å². The number of pyridine rings is 1. The van der Waals surface area contributed by atoms with Crippen LogP contribution in [0, 0.1) is 0 Å². The molecule has 1 aromatic heterocycles. The van der Waals surface area contributed by atoms with Crippen LogP contribution in [0.2, 0.25) is 0 Å². The van der Waals surface area contributed by atoms with Gasteiger partial charge in [0.25, 0.3) is 5.91 Å². The molecule has 1 amide bonds. The lowest BCUT2D eigenvalue weighted by atomic mass is 10.0. The number of amides is 1. The molecule has 0 saturated heterocycles. The van der Waals surface area contributed by atoms with E-state index in [-0.39, 0.29) is 12.5 Å². The molecule has 2 heterocycles. The Bertz CT molecular complexity index is 805. The molecule has 0 N–H and O–H groups in total. The highest BCUT2D eigenvalue weighted by atomic mass is 16.5. The SMILES string of the molecule is CCOC(=O)c1cc2c(cc1OCC)C(=O)N(CCc1cccnc1)C2. The van der Waals surface area contributed by atoms with E-state index in [1.54, 1.807) is 36.4 Å². The lowest BCUT2D eigenvalue weighted by Gasteiger charge is -2.15. The van der Waals surface area contributed by atoms with Crippen LogP contribution in [0.15, 0.2) is 36.7 Å². The van der Waals surface area contributed by atoms with Crippen molar-refractivity contribution >= 4 is 11.9 Å². The van der Waals surface area contributed by atoms with Gasteiger partial charge in [-0.1, -0.05) is 6.07 Å². The molecule has 0 bridgehead atoms. The highest BCUT2D eigenvalue weighted by Gasteiger charge is 2.30. The topological polar surface area (TPSA) is 68.7 Å². The summed E-state index contributed by atoms with van der Waals surface area (Å²) in [5.74, 6) is -0.0765. The monoisotopic (exact) mass is 354 g/mol. The Hall–Kier alpha value is -2.89. The van der Waals surface area contributed by atoms with Crippen molar-refractivity contribution in [2.45, 2.75) is 26.8 Å². The minimum Gasteiger partial charge on any atom is -0.493 e. The first-order chi connectivity index (χ1) is 12.6. The molecule has 0 atom stereocenters. The third-order valence-electron chi connectivity index (χ3n) is 4.27. The van der Waals surface area contributed by atoms with Crippen molar-refractivity contribution in [2.24, 2.45) is 0 Å². The first-order valence-corrected chi connectivity index (χ1v) is 8.79. The van der Waals surface area contributed by atoms with E-state index in [1.165, 1.54) is 0 Å². The van der Waals surface area contributed by atoms with Gasteiger partial charge in [0, 0.05) is 31.0 Å². The summed E-state index contributed by atoms with van der Waals surface area (Å²) in [6, 6.07) is 7.26. The molecule has 1 aromatic carbocycles. The Balaban J connectivity index is 1.81. The average Bonchev–Trinajstić information content (AvgIpc) is 2.96. The number of rotatable bonds is 7. The van der Waals surface area contributed by atoms with Crippen molar-refractivity contribution < 1.29 is 19.1 Å². The summed E-state index contributed by atoms with van der Waals surface area (Å²) in [4.78, 5) is 30.8. The number of benzene rings is 1. The van der Waals surface area contributed by atoms with E-state index in [0.29, 0.717) is 36.6 Å². The Labute approximate surface area is 152 Å². The first-order valence-electron chi connectivity index (χ1n) is 8.79. The molecule has 0 spiro atoms. The smallest absolute Gasteiger partial charge is 0.341 e. The maximum atomic E-state index is 12.7. The van der Waals surface area contributed by atoms with Crippen LogP contribution in [0.5, 0.6) is 5.75 Å². The number of fused-ring (bicyclic) bond motifs is 1. The Morgan fingerprint density at radius 2 is 2.12 bits per heavy atom. The molecule has 0 aliphatic carbocycles. The van der Waals surface area contributed by atoms with Crippen LogP contribution < -0.4 is 4.74 Å². The molecule has 0 radical (unpaired) electrons. The number of ether oxygens (including phenoxy) is 2. The molecule has 26 heavy (non-hydrogen) atoms. The summed E-state index contributed by atoms with van der Waals surface area (Å²) in [6.45, 7) is 5.37. The largest absolute Gasteiger partial charge is 0.493 e. The van der Waals surface area contributed by atoms with Crippen LogP contribution in [0.4, 0.5) is 0 Å². The summed E-state index contributed by atoms with van der Waals surface area (Å²) in [5.41, 5.74) is 2.87. The fraction of sp³-hybridized carbons (Fsp3) is 0.350. The Morgan fingerprint density at radius 1 is 1.27 bits per heavy atom. The van der Waals surface area contributed by atoms with Crippen molar-refractivity contribution in [3.63, 3.8) is 0 Å². The second-order valence-corrected chi connectivity index (χ2v) is 6.00. The maximum absolute atomic E-state index is 12.7. The fourth-order valence-corrected chi connectivity index (χ4v) is 3.04. The van der Waals surface area contributed by atoms with Crippen molar-refractivity contribution in [1.82, 2.24) is 9.88 Å². The van der Waals surface area contributed by atoms with E-state index in [4.69, 9.17) is 9.47 Å². The van der Waals surface area contributed by atoms with Gasteiger partial charge < -0.3 is 14.4 Å². The van der Waals surface area contributed by atoms with Crippen molar-refractivity contribution in [3.8, 4) is 5.75 Å². The number of hydrogen-bond donors (Lipinski definition) is 0. The molecular formula is C20H22N2O4. The predicted octanol–water partition coefficient (Wildman–Crippen LogP) is 2.86. The van der Waals surface area contributed by atoms with Gasteiger partial charge >= 0.3 is 5.97 Å². The zero-order chi connectivity index (χ0) is 18.5. The Kier molecular flexibility index (Phi) is 5.51. The molecule has 0 fully saturated rings. The number of carbonyl (C=O) groups is 2. The zero-order valence-electron chi connectivity index (χ0n) is 15.0. The molecule has 0 saturated carbocycles. The lowest BCUT2D eigenvalue weighted by molar-refractivity contribution is 0.0521. The van der Waals surface area contributed by atoms with Crippen LogP contribution in [0.3, 0.4) is 0 Å². The molecule has 6 nitrogen and oxygen atoms in total. The van der Waals surface area contributed by atoms with E-state index in [1.807, 2.05) is 19.1 Å². The molecule has 6 heteroatoms. The molecule has 1 aliphatic rings. The summed E-state index contributed by atoms with van der Waals surface area (Å²) in [6.07, 6.45) is 4.27. The standard InChI is InChI=1S/C20H22N2O4/c1-3-25-18-11-16-15(10-17(18)20(24)26-4-2)13-22(19(16)23)9-7-14-6-5-8-21-12-14/h5-6,8,10-12H,3-4,7,9,13H2,1-2H3. The molecular weight excluding hydrogens is 332 g/mol. The van der Waals surface area contributed by atoms with E-state index >= 15 is 0 Å². The summed E-state index contributed by atoms with van der Waals surface area (Å²) >= 11 is 0. The number of nitrogens with zero attached hydrogens (tertiary/aromatic N) is 2. The summed E-state index contributed by atoms with van der Waals surface area (Å²) in [5, 5.41) is 0. The average molecular weight is 354 g/mol. The third kappa shape index (κ3) is 3.69. The van der Waals surface area contributed by atoms with Crippen molar-refractivity contribution in [1.29, 1.82) is 0 Å². The number of esters is 1. The molecule has 3 rings (SSSR count). The minimum atomic E-state index is -0.431. The van der Waals surface area contributed by atoms with E-state index in [2.05, 4.69) is 4.98 Å². The number of hydrogen-bond acceptors (Lipinski definition) is 5. The van der Waals surface area contributed by atoms with Crippen LogP contribution in [0.25, 0.3) is 0 Å². The molecule has 2 aromatic rings. The molecule has 0 unspecified atom stereocenters. The lowest BCUT2D eigenvalue weighted by Crippen LogP contribution is -2.26. The highest BCUT2D eigenvalue weighted by Crippen LogP contribution is 2.31. The zero-order valence-corrected chi connectivity index (χ0v) is 15.0. The number of aromatic nitrogens is 1. The van der Waals surface area contributed by atoms with E-state index < -0.39 is 5.97 Å². The normalized spacial score (nSPS) is 12.8. The quantitative estimate of drug-likeness (QED) is 0.715. The van der Waals surface area contributed by atoms with Crippen LogP contribution in [0.1, 0.15) is 45.7 Å². The second-order valence-electron chi connectivity index (χ2n) is 6.00. The maximum Gasteiger partial charge on any atom is 0.341 e. The Morgan fingerprint density at radius 3 is 2.81 bits per heavy atom. The van der Waals surface area contributed by atoms with Gasteiger partial charge in [-0.05, 0) is 49.6 Å². The third-order valence-corrected chi connectivity index (χ3v) is 4.27. The first kappa shape index (κ1) is 17.9. The van der Waals surface area contributed by atoms with Crippen molar-refractivity contribution in [3.05, 3.63) is 58.9 Å². The van der Waals surface area contributed by atoms with Gasteiger partial charge in [0.1, 0.15) is 11.3 Å². The predicted molar refractivity (Wildman–Crippen MR) is 96.2 cm³/mol. The van der Waals surface area contributed by atoms with Crippen LogP contribution >= 0.6 is 0 Å². The van der Waals surface area contributed by atoms with Crippen LogP contribution in [-0.4, -0.2) is 41.5 Å². The van der Waals surface area contributed by atoms with E-state index in [0.717, 1.165) is 17.5 Å². The molecule has 136 valence electrons.